The first kappa shape index (κ1) is 17.7. The first-order chi connectivity index (χ1) is 9.95. The molecular formula is C13H19ClN2O4S2. The number of sulfonamides is 1. The number of carbonyl (C=O) groups is 1. The predicted molar refractivity (Wildman–Crippen MR) is 86.3 cm³/mol. The number of fused-ring (bicyclic) bond motifs is 1. The Bertz CT molecular complexity index is 662. The van der Waals surface area contributed by atoms with Crippen molar-refractivity contribution in [1.82, 2.24) is 9.62 Å². The smallest absolute Gasteiger partial charge is 0.349 e. The molecular weight excluding hydrogens is 348 g/mol. The third kappa shape index (κ3) is 2.78. The molecule has 22 heavy (non-hydrogen) atoms. The fourth-order valence-corrected chi connectivity index (χ4v) is 6.34. The number of thiophene rings is 1. The van der Waals surface area contributed by atoms with Crippen LogP contribution in [-0.2, 0) is 14.8 Å². The summed E-state index contributed by atoms with van der Waals surface area (Å²) < 4.78 is 32.0. The second-order valence-corrected chi connectivity index (χ2v) is 8.32. The SMILES string of the molecule is COC(=O)c1scc(C)c1S(=O)(=O)N1C[C@H]2CNC[C@H]2C1.Cl. The molecule has 9 heteroatoms. The molecule has 0 spiro atoms. The molecule has 2 aliphatic heterocycles. The number of methoxy groups -OCH3 is 1. The van der Waals surface area contributed by atoms with E-state index in [0.29, 0.717) is 30.5 Å². The third-order valence-corrected chi connectivity index (χ3v) is 7.47. The van der Waals surface area contributed by atoms with Gasteiger partial charge >= 0.3 is 5.97 Å². The van der Waals surface area contributed by atoms with Gasteiger partial charge in [-0.05, 0) is 42.8 Å². The van der Waals surface area contributed by atoms with Crippen molar-refractivity contribution in [3.05, 3.63) is 15.8 Å². The Kier molecular flexibility index (Phi) is 5.18. The first-order valence-corrected chi connectivity index (χ1v) is 9.14. The largest absolute Gasteiger partial charge is 0.465 e. The van der Waals surface area contributed by atoms with Gasteiger partial charge in [-0.2, -0.15) is 4.31 Å². The van der Waals surface area contributed by atoms with E-state index in [1.54, 1.807) is 12.3 Å². The molecule has 6 nitrogen and oxygen atoms in total. The van der Waals surface area contributed by atoms with Gasteiger partial charge in [0.2, 0.25) is 10.0 Å². The van der Waals surface area contributed by atoms with Crippen molar-refractivity contribution in [3.63, 3.8) is 0 Å². The Balaban J connectivity index is 0.00000176. The minimum Gasteiger partial charge on any atom is -0.465 e. The minimum atomic E-state index is -3.64. The highest BCUT2D eigenvalue weighted by Gasteiger charge is 2.43. The van der Waals surface area contributed by atoms with E-state index in [-0.39, 0.29) is 22.2 Å². The van der Waals surface area contributed by atoms with E-state index in [0.717, 1.165) is 24.4 Å². The molecule has 2 aliphatic rings. The van der Waals surface area contributed by atoms with Gasteiger partial charge in [-0.25, -0.2) is 13.2 Å². The van der Waals surface area contributed by atoms with E-state index in [9.17, 15) is 13.2 Å². The number of rotatable bonds is 3. The fraction of sp³-hybridized carbons (Fsp3) is 0.615. The van der Waals surface area contributed by atoms with Crippen molar-refractivity contribution in [2.45, 2.75) is 11.8 Å². The number of hydrogen-bond acceptors (Lipinski definition) is 6. The highest BCUT2D eigenvalue weighted by atomic mass is 35.5. The van der Waals surface area contributed by atoms with Crippen molar-refractivity contribution in [2.75, 3.05) is 33.3 Å². The summed E-state index contributed by atoms with van der Waals surface area (Å²) in [5, 5.41) is 4.98. The second kappa shape index (κ2) is 6.45. The van der Waals surface area contributed by atoms with Crippen LogP contribution in [0.1, 0.15) is 15.2 Å². The number of nitrogens with one attached hydrogen (secondary N) is 1. The van der Waals surface area contributed by atoms with Gasteiger partial charge in [0, 0.05) is 13.1 Å². The summed E-state index contributed by atoms with van der Waals surface area (Å²) in [4.78, 5) is 12.1. The maximum Gasteiger partial charge on any atom is 0.349 e. The van der Waals surface area contributed by atoms with E-state index < -0.39 is 16.0 Å². The summed E-state index contributed by atoms with van der Waals surface area (Å²) in [5.41, 5.74) is 0.607. The van der Waals surface area contributed by atoms with E-state index in [1.807, 2.05) is 0 Å². The average molecular weight is 367 g/mol. The number of halogens is 1. The van der Waals surface area contributed by atoms with Crippen LogP contribution in [0, 0.1) is 18.8 Å². The van der Waals surface area contributed by atoms with Crippen LogP contribution in [0.15, 0.2) is 10.3 Å². The maximum atomic E-state index is 12.9. The van der Waals surface area contributed by atoms with Gasteiger partial charge in [0.25, 0.3) is 0 Å². The predicted octanol–water partition coefficient (Wildman–Crippen LogP) is 1.10. The van der Waals surface area contributed by atoms with Crippen molar-refractivity contribution in [1.29, 1.82) is 0 Å². The lowest BCUT2D eigenvalue weighted by Crippen LogP contribution is -2.32. The highest BCUT2D eigenvalue weighted by Crippen LogP contribution is 2.35. The molecule has 2 fully saturated rings. The zero-order valence-corrected chi connectivity index (χ0v) is 14.8. The molecule has 0 unspecified atom stereocenters. The maximum absolute atomic E-state index is 12.9. The van der Waals surface area contributed by atoms with Gasteiger partial charge in [0.05, 0.1) is 7.11 Å². The molecule has 0 aliphatic carbocycles. The Morgan fingerprint density at radius 3 is 2.50 bits per heavy atom. The van der Waals surface area contributed by atoms with Crippen LogP contribution in [0.3, 0.4) is 0 Å². The van der Waals surface area contributed by atoms with E-state index >= 15 is 0 Å². The summed E-state index contributed by atoms with van der Waals surface area (Å²) in [6.45, 7) is 4.49. The normalized spacial score (nSPS) is 24.8. The second-order valence-electron chi connectivity index (χ2n) is 5.57. The lowest BCUT2D eigenvalue weighted by Gasteiger charge is -2.18. The molecule has 1 aromatic heterocycles. The van der Waals surface area contributed by atoms with Crippen LogP contribution in [0.2, 0.25) is 0 Å². The molecule has 2 saturated heterocycles. The van der Waals surface area contributed by atoms with Crippen molar-refractivity contribution < 1.29 is 17.9 Å². The lowest BCUT2D eigenvalue weighted by molar-refractivity contribution is 0.0602. The monoisotopic (exact) mass is 366 g/mol. The van der Waals surface area contributed by atoms with Gasteiger partial charge in [0.1, 0.15) is 9.77 Å². The molecule has 1 aromatic rings. The molecule has 0 bridgehead atoms. The molecule has 3 rings (SSSR count). The average Bonchev–Trinajstić information content (AvgIpc) is 3.10. The van der Waals surface area contributed by atoms with Crippen LogP contribution in [-0.4, -0.2) is 52.0 Å². The molecule has 0 amide bonds. The van der Waals surface area contributed by atoms with Crippen LogP contribution in [0.4, 0.5) is 0 Å². The minimum absolute atomic E-state index is 0. The standard InChI is InChI=1S/C13H18N2O4S2.ClH/c1-8-7-20-11(13(16)19-2)12(8)21(17,18)15-5-9-3-14-4-10(9)6-15;/h7,9-10,14H,3-6H2,1-2H3;1H/t9-,10+;. The van der Waals surface area contributed by atoms with Crippen LogP contribution in [0.25, 0.3) is 0 Å². The zero-order chi connectivity index (χ0) is 15.2. The molecule has 0 radical (unpaired) electrons. The Morgan fingerprint density at radius 2 is 1.95 bits per heavy atom. The third-order valence-electron chi connectivity index (χ3n) is 4.24. The van der Waals surface area contributed by atoms with Gasteiger partial charge in [-0.1, -0.05) is 0 Å². The zero-order valence-electron chi connectivity index (χ0n) is 12.4. The van der Waals surface area contributed by atoms with Crippen molar-refractivity contribution >= 4 is 39.7 Å². The number of esters is 1. The van der Waals surface area contributed by atoms with Gasteiger partial charge < -0.3 is 10.1 Å². The molecule has 124 valence electrons. The van der Waals surface area contributed by atoms with E-state index in [2.05, 4.69) is 5.32 Å². The van der Waals surface area contributed by atoms with Crippen LogP contribution in [0.5, 0.6) is 0 Å². The number of hydrogen-bond donors (Lipinski definition) is 1. The molecule has 2 atom stereocenters. The van der Waals surface area contributed by atoms with Gasteiger partial charge in [-0.15, -0.1) is 23.7 Å². The van der Waals surface area contributed by atoms with Gasteiger partial charge in [-0.3, -0.25) is 0 Å². The topological polar surface area (TPSA) is 75.7 Å². The van der Waals surface area contributed by atoms with Crippen LogP contribution >= 0.6 is 23.7 Å². The summed E-state index contributed by atoms with van der Waals surface area (Å²) in [6, 6.07) is 0. The van der Waals surface area contributed by atoms with E-state index in [4.69, 9.17) is 4.74 Å². The Labute approximate surface area is 140 Å². The fourth-order valence-electron chi connectivity index (χ4n) is 3.13. The summed E-state index contributed by atoms with van der Waals surface area (Å²) >= 11 is 1.12. The molecule has 1 N–H and O–H groups in total. The van der Waals surface area contributed by atoms with Crippen LogP contribution < -0.4 is 5.32 Å². The first-order valence-electron chi connectivity index (χ1n) is 6.82. The molecule has 3 heterocycles. The summed E-state index contributed by atoms with van der Waals surface area (Å²) in [6.07, 6.45) is 0. The Hall–Kier alpha value is -0.670. The summed E-state index contributed by atoms with van der Waals surface area (Å²) in [5.74, 6) is 0.160. The number of carbonyl (C=O) groups excluding carboxylic acids is 1. The molecule has 0 aromatic carbocycles. The highest BCUT2D eigenvalue weighted by molar-refractivity contribution is 7.89. The summed E-state index contributed by atoms with van der Waals surface area (Å²) in [7, 11) is -2.38. The Morgan fingerprint density at radius 1 is 1.36 bits per heavy atom. The lowest BCUT2D eigenvalue weighted by atomic mass is 10.0. The molecule has 0 saturated carbocycles. The number of aryl methyl sites for hydroxylation is 1. The quantitative estimate of drug-likeness (QED) is 0.811. The van der Waals surface area contributed by atoms with Crippen molar-refractivity contribution in [3.8, 4) is 0 Å². The van der Waals surface area contributed by atoms with Crippen molar-refractivity contribution in [2.24, 2.45) is 11.8 Å². The van der Waals surface area contributed by atoms with E-state index in [1.165, 1.54) is 11.4 Å². The number of ether oxygens (including phenoxy) is 1. The number of nitrogens with zero attached hydrogens (tertiary/aromatic N) is 1. The van der Waals surface area contributed by atoms with Gasteiger partial charge in [0.15, 0.2) is 0 Å².